The van der Waals surface area contributed by atoms with Gasteiger partial charge < -0.3 is 19.4 Å². The summed E-state index contributed by atoms with van der Waals surface area (Å²) in [5.74, 6) is -2.93. The number of hydrogen-bond donors (Lipinski definition) is 0. The number of carbonyl (C=O) groups excluding carboxylic acids is 2. The number of carboxylic acid groups (broad SMARTS) is 1. The quantitative estimate of drug-likeness (QED) is 0.640. The van der Waals surface area contributed by atoms with E-state index in [1.165, 1.54) is 0 Å². The Hall–Kier alpha value is -2.89. The standard InChI is InChI=1S/C17H15FO5/c1-17(2,12-6-4-3-5-7-12)23-16(21)22-14-10-11(15(19)20)8-9-13(14)18/h3-10H,1-2H3,(H,19,20)/p-1. The minimum absolute atomic E-state index is 0.309. The second kappa shape index (κ2) is 6.48. The summed E-state index contributed by atoms with van der Waals surface area (Å²) in [7, 11) is 0. The van der Waals surface area contributed by atoms with E-state index in [-0.39, 0.29) is 5.56 Å². The molecule has 5 nitrogen and oxygen atoms in total. The Labute approximate surface area is 132 Å². The second-order valence-electron chi connectivity index (χ2n) is 5.26. The van der Waals surface area contributed by atoms with Gasteiger partial charge in [0.05, 0.1) is 5.97 Å². The van der Waals surface area contributed by atoms with Gasteiger partial charge in [-0.2, -0.15) is 0 Å². The van der Waals surface area contributed by atoms with Gasteiger partial charge in [0, 0.05) is 5.56 Å². The smallest absolute Gasteiger partial charge is 0.514 e. The minimum atomic E-state index is -1.51. The molecule has 0 fully saturated rings. The van der Waals surface area contributed by atoms with Gasteiger partial charge in [-0.1, -0.05) is 30.3 Å². The summed E-state index contributed by atoms with van der Waals surface area (Å²) >= 11 is 0. The van der Waals surface area contributed by atoms with Crippen molar-refractivity contribution in [2.45, 2.75) is 19.4 Å². The summed E-state index contributed by atoms with van der Waals surface area (Å²) in [6.07, 6.45) is -1.15. The maximum absolute atomic E-state index is 13.6. The molecule has 0 saturated heterocycles. The van der Waals surface area contributed by atoms with E-state index in [4.69, 9.17) is 9.47 Å². The van der Waals surface area contributed by atoms with Crippen LogP contribution in [0.2, 0.25) is 0 Å². The average molecular weight is 317 g/mol. The monoisotopic (exact) mass is 317 g/mol. The lowest BCUT2D eigenvalue weighted by atomic mass is 9.98. The fourth-order valence-corrected chi connectivity index (χ4v) is 1.93. The largest absolute Gasteiger partial charge is 0.545 e. The van der Waals surface area contributed by atoms with Crippen molar-refractivity contribution in [3.05, 3.63) is 65.5 Å². The van der Waals surface area contributed by atoms with Crippen LogP contribution in [0.5, 0.6) is 5.75 Å². The highest BCUT2D eigenvalue weighted by Crippen LogP contribution is 2.26. The van der Waals surface area contributed by atoms with Crippen molar-refractivity contribution >= 4 is 12.1 Å². The molecule has 0 atom stereocenters. The predicted molar refractivity (Wildman–Crippen MR) is 77.3 cm³/mol. The molecule has 0 N–H and O–H groups in total. The number of carboxylic acids is 1. The van der Waals surface area contributed by atoms with Gasteiger partial charge in [0.25, 0.3) is 0 Å². The SMILES string of the molecule is CC(C)(OC(=O)Oc1cc(C(=O)[O-])ccc1F)c1ccccc1. The molecule has 0 heterocycles. The molecule has 0 saturated carbocycles. The summed E-state index contributed by atoms with van der Waals surface area (Å²) in [6, 6.07) is 11.7. The van der Waals surface area contributed by atoms with E-state index in [1.807, 2.05) is 6.07 Å². The Morgan fingerprint density at radius 1 is 1.09 bits per heavy atom. The molecule has 0 bridgehead atoms. The Kier molecular flexibility index (Phi) is 4.64. The van der Waals surface area contributed by atoms with Crippen LogP contribution in [0.25, 0.3) is 0 Å². The zero-order valence-electron chi connectivity index (χ0n) is 12.5. The van der Waals surface area contributed by atoms with Gasteiger partial charge in [0.2, 0.25) is 0 Å². The van der Waals surface area contributed by atoms with Crippen molar-refractivity contribution < 1.29 is 28.6 Å². The van der Waals surface area contributed by atoms with E-state index in [9.17, 15) is 19.1 Å². The highest BCUT2D eigenvalue weighted by Gasteiger charge is 2.27. The van der Waals surface area contributed by atoms with E-state index in [0.717, 1.165) is 23.8 Å². The van der Waals surface area contributed by atoms with Crippen molar-refractivity contribution in [2.24, 2.45) is 0 Å². The fraction of sp³-hybridized carbons (Fsp3) is 0.176. The van der Waals surface area contributed by atoms with Crippen molar-refractivity contribution in [1.82, 2.24) is 0 Å². The van der Waals surface area contributed by atoms with E-state index < -0.39 is 29.3 Å². The molecule has 0 spiro atoms. The van der Waals surface area contributed by atoms with Gasteiger partial charge >= 0.3 is 6.16 Å². The summed E-state index contributed by atoms with van der Waals surface area (Å²) in [5, 5.41) is 10.8. The Bertz CT molecular complexity index is 725. The lowest BCUT2D eigenvalue weighted by molar-refractivity contribution is -0.255. The van der Waals surface area contributed by atoms with Gasteiger partial charge in [-0.25, -0.2) is 9.18 Å². The Balaban J connectivity index is 2.14. The first-order valence-electron chi connectivity index (χ1n) is 6.77. The van der Waals surface area contributed by atoms with E-state index in [2.05, 4.69) is 0 Å². The lowest BCUT2D eigenvalue weighted by Crippen LogP contribution is -2.27. The van der Waals surface area contributed by atoms with Crippen molar-refractivity contribution in [2.75, 3.05) is 0 Å². The fourth-order valence-electron chi connectivity index (χ4n) is 1.93. The Morgan fingerprint density at radius 2 is 1.74 bits per heavy atom. The van der Waals surface area contributed by atoms with Crippen LogP contribution in [0.15, 0.2) is 48.5 Å². The first-order valence-corrected chi connectivity index (χ1v) is 6.77. The molecule has 0 aromatic heterocycles. The van der Waals surface area contributed by atoms with Crippen molar-refractivity contribution in [3.8, 4) is 5.75 Å². The molecule has 0 aliphatic rings. The van der Waals surface area contributed by atoms with Crippen LogP contribution >= 0.6 is 0 Å². The summed E-state index contributed by atoms with van der Waals surface area (Å²) in [5.41, 5.74) is -0.585. The van der Waals surface area contributed by atoms with Crippen molar-refractivity contribution in [3.63, 3.8) is 0 Å². The number of hydrogen-bond acceptors (Lipinski definition) is 5. The third-order valence-corrected chi connectivity index (χ3v) is 3.17. The number of rotatable bonds is 4. The normalized spacial score (nSPS) is 10.9. The van der Waals surface area contributed by atoms with Crippen LogP contribution < -0.4 is 9.84 Å². The zero-order valence-corrected chi connectivity index (χ0v) is 12.5. The van der Waals surface area contributed by atoms with Gasteiger partial charge in [-0.3, -0.25) is 0 Å². The third-order valence-electron chi connectivity index (χ3n) is 3.17. The molecule has 0 aliphatic carbocycles. The summed E-state index contributed by atoms with van der Waals surface area (Å²) < 4.78 is 23.6. The van der Waals surface area contributed by atoms with E-state index in [1.54, 1.807) is 38.1 Å². The highest BCUT2D eigenvalue weighted by atomic mass is 19.1. The number of ether oxygens (including phenoxy) is 2. The topological polar surface area (TPSA) is 75.7 Å². The van der Waals surface area contributed by atoms with Crippen LogP contribution in [0, 0.1) is 5.82 Å². The molecule has 2 rings (SSSR count). The van der Waals surface area contributed by atoms with Crippen LogP contribution in [-0.4, -0.2) is 12.1 Å². The number of benzene rings is 2. The van der Waals surface area contributed by atoms with Crippen molar-refractivity contribution in [1.29, 1.82) is 0 Å². The van der Waals surface area contributed by atoms with E-state index in [0.29, 0.717) is 0 Å². The lowest BCUT2D eigenvalue weighted by Gasteiger charge is -2.25. The van der Waals surface area contributed by atoms with Gasteiger partial charge in [-0.05, 0) is 37.6 Å². The van der Waals surface area contributed by atoms with Gasteiger partial charge in [-0.15, -0.1) is 0 Å². The summed E-state index contributed by atoms with van der Waals surface area (Å²) in [4.78, 5) is 22.6. The number of aromatic carboxylic acids is 1. The van der Waals surface area contributed by atoms with Crippen LogP contribution in [0.1, 0.15) is 29.8 Å². The van der Waals surface area contributed by atoms with Crippen LogP contribution in [-0.2, 0) is 10.3 Å². The first kappa shape index (κ1) is 16.5. The van der Waals surface area contributed by atoms with Crippen LogP contribution in [0.3, 0.4) is 0 Å². The number of halogens is 1. The van der Waals surface area contributed by atoms with Gasteiger partial charge in [0.1, 0.15) is 5.60 Å². The second-order valence-corrected chi connectivity index (χ2v) is 5.26. The molecule has 0 radical (unpaired) electrons. The molecule has 2 aromatic rings. The zero-order chi connectivity index (χ0) is 17.0. The third kappa shape index (κ3) is 4.06. The molecule has 2 aromatic carbocycles. The molecule has 6 heteroatoms. The maximum atomic E-state index is 13.6. The Morgan fingerprint density at radius 3 is 2.35 bits per heavy atom. The van der Waals surface area contributed by atoms with E-state index >= 15 is 0 Å². The maximum Gasteiger partial charge on any atom is 0.514 e. The number of carbonyl (C=O) groups is 2. The van der Waals surface area contributed by atoms with Gasteiger partial charge in [0.15, 0.2) is 11.6 Å². The first-order chi connectivity index (χ1) is 10.8. The predicted octanol–water partition coefficient (Wildman–Crippen LogP) is 2.64. The highest BCUT2D eigenvalue weighted by molar-refractivity contribution is 5.86. The molecule has 23 heavy (non-hydrogen) atoms. The molecule has 120 valence electrons. The molecule has 0 unspecified atom stereocenters. The van der Waals surface area contributed by atoms with Crippen LogP contribution in [0.4, 0.5) is 9.18 Å². The average Bonchev–Trinajstić information content (AvgIpc) is 2.49. The summed E-state index contributed by atoms with van der Waals surface area (Å²) in [6.45, 7) is 3.30. The molecule has 0 amide bonds. The molecular formula is C17H14FO5-. The minimum Gasteiger partial charge on any atom is -0.545 e. The molecule has 0 aliphatic heterocycles. The molecular weight excluding hydrogens is 303 g/mol.